The molecule has 1 fully saturated rings. The minimum atomic E-state index is 0.285. The summed E-state index contributed by atoms with van der Waals surface area (Å²) in [7, 11) is 2.17. The molecule has 0 aliphatic carbocycles. The van der Waals surface area contributed by atoms with E-state index in [1.54, 1.807) is 0 Å². The van der Waals surface area contributed by atoms with Crippen LogP contribution in [0.4, 0.5) is 0 Å². The Kier molecular flexibility index (Phi) is 4.08. The van der Waals surface area contributed by atoms with Crippen molar-refractivity contribution in [3.05, 3.63) is 34.9 Å². The van der Waals surface area contributed by atoms with E-state index in [-0.39, 0.29) is 5.54 Å². The molecule has 0 aromatic heterocycles. The fourth-order valence-electron chi connectivity index (χ4n) is 2.69. The Bertz CT molecular complexity index is 372. The summed E-state index contributed by atoms with van der Waals surface area (Å²) in [5.41, 5.74) is 1.56. The third-order valence-electron chi connectivity index (χ3n) is 3.42. The molecule has 0 bridgehead atoms. The largest absolute Gasteiger partial charge is 0.310 e. The molecule has 0 amide bonds. The van der Waals surface area contributed by atoms with E-state index in [1.807, 2.05) is 18.2 Å². The smallest absolute Gasteiger partial charge is 0.0409 e. The second kappa shape index (κ2) is 5.38. The highest BCUT2D eigenvalue weighted by molar-refractivity contribution is 6.30. The molecule has 1 aliphatic heterocycles. The number of halogens is 1. The Morgan fingerprint density at radius 1 is 1.47 bits per heavy atom. The van der Waals surface area contributed by atoms with E-state index in [0.29, 0.717) is 0 Å². The van der Waals surface area contributed by atoms with Crippen LogP contribution in [0.2, 0.25) is 5.02 Å². The van der Waals surface area contributed by atoms with Gasteiger partial charge in [0.25, 0.3) is 0 Å². The van der Waals surface area contributed by atoms with Crippen LogP contribution in [0.25, 0.3) is 0 Å². The predicted octanol–water partition coefficient (Wildman–Crippen LogP) is 2.91. The first-order valence-electron chi connectivity index (χ1n) is 6.25. The molecule has 94 valence electrons. The molecule has 2 rings (SSSR count). The van der Waals surface area contributed by atoms with E-state index in [2.05, 4.69) is 30.3 Å². The molecule has 1 N–H and O–H groups in total. The van der Waals surface area contributed by atoms with Crippen LogP contribution >= 0.6 is 11.6 Å². The molecule has 1 unspecified atom stereocenters. The van der Waals surface area contributed by atoms with E-state index in [0.717, 1.165) is 24.7 Å². The number of nitrogens with one attached hydrogen (secondary N) is 1. The Labute approximate surface area is 109 Å². The van der Waals surface area contributed by atoms with Gasteiger partial charge in [-0.1, -0.05) is 23.7 Å². The quantitative estimate of drug-likeness (QED) is 0.887. The highest BCUT2D eigenvalue weighted by Gasteiger charge is 2.28. The first kappa shape index (κ1) is 12.9. The molecule has 2 nitrogen and oxygen atoms in total. The normalized spacial score (nSPS) is 24.5. The highest BCUT2D eigenvalue weighted by Crippen LogP contribution is 2.20. The molecule has 1 atom stereocenters. The number of hydrogen-bond donors (Lipinski definition) is 1. The molecule has 1 saturated heterocycles. The van der Waals surface area contributed by atoms with Gasteiger partial charge in [-0.05, 0) is 51.1 Å². The van der Waals surface area contributed by atoms with E-state index in [1.165, 1.54) is 18.4 Å². The van der Waals surface area contributed by atoms with Crippen molar-refractivity contribution in [2.24, 2.45) is 0 Å². The van der Waals surface area contributed by atoms with Crippen LogP contribution in [0.3, 0.4) is 0 Å². The second-order valence-electron chi connectivity index (χ2n) is 5.39. The van der Waals surface area contributed by atoms with Gasteiger partial charge >= 0.3 is 0 Å². The van der Waals surface area contributed by atoms with Crippen molar-refractivity contribution in [3.8, 4) is 0 Å². The Morgan fingerprint density at radius 3 is 2.94 bits per heavy atom. The standard InChI is InChI=1S/C14H21ClN2/c1-14(7-4-8-16-14)11-17(2)10-12-5-3-6-13(15)9-12/h3,5-6,9,16H,4,7-8,10-11H2,1-2H3. The van der Waals surface area contributed by atoms with Gasteiger partial charge in [0.05, 0.1) is 0 Å². The summed E-state index contributed by atoms with van der Waals surface area (Å²) in [6, 6.07) is 8.11. The van der Waals surface area contributed by atoms with E-state index in [9.17, 15) is 0 Å². The molecule has 17 heavy (non-hydrogen) atoms. The summed E-state index contributed by atoms with van der Waals surface area (Å²) in [5, 5.41) is 4.41. The van der Waals surface area contributed by atoms with Crippen LogP contribution in [0.1, 0.15) is 25.3 Å². The molecule has 1 aromatic rings. The number of nitrogens with zero attached hydrogens (tertiary/aromatic N) is 1. The summed E-state index contributed by atoms with van der Waals surface area (Å²) < 4.78 is 0. The molecule has 3 heteroatoms. The number of likely N-dealkylation sites (N-methyl/N-ethyl adjacent to an activating group) is 1. The van der Waals surface area contributed by atoms with Gasteiger partial charge in [0, 0.05) is 23.7 Å². The van der Waals surface area contributed by atoms with Gasteiger partial charge in [0.2, 0.25) is 0 Å². The van der Waals surface area contributed by atoms with Gasteiger partial charge in [-0.25, -0.2) is 0 Å². The summed E-state index contributed by atoms with van der Waals surface area (Å²) in [6.07, 6.45) is 2.56. The predicted molar refractivity (Wildman–Crippen MR) is 73.4 cm³/mol. The molecular weight excluding hydrogens is 232 g/mol. The second-order valence-corrected chi connectivity index (χ2v) is 5.83. The molecule has 1 aromatic carbocycles. The number of benzene rings is 1. The highest BCUT2D eigenvalue weighted by atomic mass is 35.5. The van der Waals surface area contributed by atoms with Crippen LogP contribution < -0.4 is 5.32 Å². The summed E-state index contributed by atoms with van der Waals surface area (Å²) in [5.74, 6) is 0. The summed E-state index contributed by atoms with van der Waals surface area (Å²) in [6.45, 7) is 5.51. The maximum Gasteiger partial charge on any atom is 0.0409 e. The van der Waals surface area contributed by atoms with Crippen molar-refractivity contribution in [1.29, 1.82) is 0 Å². The topological polar surface area (TPSA) is 15.3 Å². The lowest BCUT2D eigenvalue weighted by molar-refractivity contribution is 0.234. The average molecular weight is 253 g/mol. The van der Waals surface area contributed by atoms with Gasteiger partial charge < -0.3 is 10.2 Å². The van der Waals surface area contributed by atoms with Gasteiger partial charge in [0.1, 0.15) is 0 Å². The van der Waals surface area contributed by atoms with Gasteiger partial charge in [-0.2, -0.15) is 0 Å². The van der Waals surface area contributed by atoms with Crippen molar-refractivity contribution >= 4 is 11.6 Å². The zero-order chi connectivity index (χ0) is 12.3. The molecule has 0 saturated carbocycles. The van der Waals surface area contributed by atoms with Crippen molar-refractivity contribution in [3.63, 3.8) is 0 Å². The van der Waals surface area contributed by atoms with E-state index in [4.69, 9.17) is 11.6 Å². The first-order valence-corrected chi connectivity index (χ1v) is 6.63. The first-order chi connectivity index (χ1) is 8.07. The molecular formula is C14H21ClN2. The maximum atomic E-state index is 6.00. The van der Waals surface area contributed by atoms with E-state index < -0.39 is 0 Å². The zero-order valence-corrected chi connectivity index (χ0v) is 11.4. The monoisotopic (exact) mass is 252 g/mol. The Balaban J connectivity index is 1.90. The van der Waals surface area contributed by atoms with E-state index >= 15 is 0 Å². The Hall–Kier alpha value is -0.570. The number of rotatable bonds is 4. The number of hydrogen-bond acceptors (Lipinski definition) is 2. The fourth-order valence-corrected chi connectivity index (χ4v) is 2.90. The lowest BCUT2D eigenvalue weighted by Gasteiger charge is -2.30. The van der Waals surface area contributed by atoms with Crippen molar-refractivity contribution in [2.45, 2.75) is 31.8 Å². The van der Waals surface area contributed by atoms with Crippen molar-refractivity contribution < 1.29 is 0 Å². The molecule has 1 heterocycles. The minimum Gasteiger partial charge on any atom is -0.310 e. The molecule has 0 radical (unpaired) electrons. The SMILES string of the molecule is CN(Cc1cccc(Cl)c1)CC1(C)CCCN1. The van der Waals surface area contributed by atoms with Crippen molar-refractivity contribution in [1.82, 2.24) is 10.2 Å². The third kappa shape index (κ3) is 3.70. The van der Waals surface area contributed by atoms with Crippen LogP contribution in [-0.4, -0.2) is 30.6 Å². The summed E-state index contributed by atoms with van der Waals surface area (Å²) in [4.78, 5) is 2.37. The van der Waals surface area contributed by atoms with Gasteiger partial charge in [0.15, 0.2) is 0 Å². The van der Waals surface area contributed by atoms with Gasteiger partial charge in [-0.3, -0.25) is 0 Å². The fraction of sp³-hybridized carbons (Fsp3) is 0.571. The summed E-state index contributed by atoms with van der Waals surface area (Å²) >= 11 is 6.00. The minimum absolute atomic E-state index is 0.285. The van der Waals surface area contributed by atoms with Crippen LogP contribution in [0.15, 0.2) is 24.3 Å². The molecule has 1 aliphatic rings. The van der Waals surface area contributed by atoms with Crippen LogP contribution in [0, 0.1) is 0 Å². The van der Waals surface area contributed by atoms with Crippen LogP contribution in [0.5, 0.6) is 0 Å². The molecule has 0 spiro atoms. The lowest BCUT2D eigenvalue weighted by atomic mass is 9.99. The van der Waals surface area contributed by atoms with Crippen molar-refractivity contribution in [2.75, 3.05) is 20.1 Å². The van der Waals surface area contributed by atoms with Gasteiger partial charge in [-0.15, -0.1) is 0 Å². The maximum absolute atomic E-state index is 6.00. The third-order valence-corrected chi connectivity index (χ3v) is 3.65. The lowest BCUT2D eigenvalue weighted by Crippen LogP contribution is -2.46. The average Bonchev–Trinajstić information content (AvgIpc) is 2.64. The Morgan fingerprint density at radius 2 is 2.29 bits per heavy atom. The van der Waals surface area contributed by atoms with Crippen LogP contribution in [-0.2, 0) is 6.54 Å². The zero-order valence-electron chi connectivity index (χ0n) is 10.7.